The number of carbonyl (C=O) groups is 2. The zero-order chi connectivity index (χ0) is 25.4. The lowest BCUT2D eigenvalue weighted by Gasteiger charge is -2.29. The van der Waals surface area contributed by atoms with Gasteiger partial charge in [-0.15, -0.1) is 0 Å². The Morgan fingerprint density at radius 2 is 1.74 bits per heavy atom. The van der Waals surface area contributed by atoms with Gasteiger partial charge in [0.2, 0.25) is 0 Å². The zero-order valence-electron chi connectivity index (χ0n) is 20.6. The number of aliphatic hydroxyl groups excluding tert-OH is 1. The first kappa shape index (κ1) is 25.9. The highest BCUT2D eigenvalue weighted by Gasteiger charge is 2.24. The van der Waals surface area contributed by atoms with Crippen LogP contribution < -0.4 is 10.2 Å². The Balaban J connectivity index is 1.79. The molecule has 0 radical (unpaired) electrons. The summed E-state index contributed by atoms with van der Waals surface area (Å²) in [6.07, 6.45) is 3.19. The molecule has 3 rings (SSSR count). The molecule has 0 saturated heterocycles. The van der Waals surface area contributed by atoms with Crippen molar-refractivity contribution in [2.24, 2.45) is 0 Å². The molecular formula is C28H33N3O4. The van der Waals surface area contributed by atoms with E-state index in [0.29, 0.717) is 24.4 Å². The fraction of sp³-hybridized carbons (Fsp3) is 0.321. The lowest BCUT2D eigenvalue weighted by molar-refractivity contribution is 0.0600. The molecular weight excluding hydrogens is 442 g/mol. The number of anilines is 1. The minimum Gasteiger partial charge on any atom is -0.465 e. The standard InChI is InChI=1S/C28H33N3O4/c1-19(2)23-15-24(17-29-16-23)31(3)18-26(32)25(13-20-9-6-5-7-10-20)30-27(33)21-11-8-12-22(14-21)28(34)35-4/h5-12,14-17,19,25-26,32H,13,18H2,1-4H3,(H,30,33)/t25-,26+/m0/s1. The molecule has 1 amide bonds. The molecule has 7 heteroatoms. The molecule has 2 N–H and O–H groups in total. The monoisotopic (exact) mass is 475 g/mol. The first-order valence-electron chi connectivity index (χ1n) is 11.7. The second kappa shape index (κ2) is 12.1. The highest BCUT2D eigenvalue weighted by atomic mass is 16.5. The van der Waals surface area contributed by atoms with Gasteiger partial charge in [0, 0.05) is 25.4 Å². The number of benzene rings is 2. The molecule has 0 aliphatic heterocycles. The fourth-order valence-corrected chi connectivity index (χ4v) is 3.79. The Hall–Kier alpha value is -3.71. The summed E-state index contributed by atoms with van der Waals surface area (Å²) in [5.74, 6) is -0.548. The Labute approximate surface area is 206 Å². The molecule has 0 spiro atoms. The molecule has 0 fully saturated rings. The van der Waals surface area contributed by atoms with Crippen LogP contribution in [0.4, 0.5) is 5.69 Å². The van der Waals surface area contributed by atoms with Crippen LogP contribution >= 0.6 is 0 Å². The van der Waals surface area contributed by atoms with E-state index in [-0.39, 0.29) is 11.5 Å². The number of nitrogens with one attached hydrogen (secondary N) is 1. The van der Waals surface area contributed by atoms with E-state index in [9.17, 15) is 14.7 Å². The molecule has 0 aliphatic rings. The lowest BCUT2D eigenvalue weighted by atomic mass is 9.99. The number of likely N-dealkylation sites (N-methyl/N-ethyl adjacent to an activating group) is 1. The van der Waals surface area contributed by atoms with Crippen LogP contribution in [0.5, 0.6) is 0 Å². The highest BCUT2D eigenvalue weighted by Crippen LogP contribution is 2.20. The van der Waals surface area contributed by atoms with Crippen molar-refractivity contribution >= 4 is 17.6 Å². The van der Waals surface area contributed by atoms with Gasteiger partial charge in [0.05, 0.1) is 36.7 Å². The number of aromatic nitrogens is 1. The SMILES string of the molecule is COC(=O)c1cccc(C(=O)N[C@@H](Cc2ccccc2)[C@H](O)CN(C)c2cncc(C(C)C)c2)c1. The van der Waals surface area contributed by atoms with Crippen molar-refractivity contribution in [1.29, 1.82) is 0 Å². The first-order chi connectivity index (χ1) is 16.8. The van der Waals surface area contributed by atoms with E-state index < -0.39 is 18.1 Å². The summed E-state index contributed by atoms with van der Waals surface area (Å²) in [6.45, 7) is 4.51. The molecule has 2 atom stereocenters. The van der Waals surface area contributed by atoms with Crippen LogP contribution in [0.15, 0.2) is 73.1 Å². The van der Waals surface area contributed by atoms with Crippen LogP contribution in [0.1, 0.15) is 51.6 Å². The summed E-state index contributed by atoms with van der Waals surface area (Å²) < 4.78 is 4.76. The number of ether oxygens (including phenoxy) is 1. The molecule has 1 aromatic heterocycles. The molecule has 1 heterocycles. The van der Waals surface area contributed by atoms with Crippen LogP contribution in [0.2, 0.25) is 0 Å². The van der Waals surface area contributed by atoms with Crippen molar-refractivity contribution in [3.8, 4) is 0 Å². The second-order valence-corrected chi connectivity index (χ2v) is 8.92. The Morgan fingerprint density at radius 1 is 1.03 bits per heavy atom. The van der Waals surface area contributed by atoms with Crippen LogP contribution in [-0.4, -0.2) is 54.8 Å². The average Bonchev–Trinajstić information content (AvgIpc) is 2.88. The normalized spacial score (nSPS) is 12.6. The van der Waals surface area contributed by atoms with E-state index in [1.54, 1.807) is 24.4 Å². The third-order valence-electron chi connectivity index (χ3n) is 5.94. The molecule has 7 nitrogen and oxygen atoms in total. The van der Waals surface area contributed by atoms with Crippen molar-refractivity contribution in [3.63, 3.8) is 0 Å². The maximum atomic E-state index is 13.1. The molecule has 35 heavy (non-hydrogen) atoms. The summed E-state index contributed by atoms with van der Waals surface area (Å²) in [5.41, 5.74) is 3.61. The number of hydrogen-bond donors (Lipinski definition) is 2. The smallest absolute Gasteiger partial charge is 0.337 e. The van der Waals surface area contributed by atoms with Crippen LogP contribution in [0.3, 0.4) is 0 Å². The number of esters is 1. The molecule has 2 aromatic carbocycles. The molecule has 3 aromatic rings. The Bertz CT molecular complexity index is 1130. The Kier molecular flexibility index (Phi) is 8.98. The van der Waals surface area contributed by atoms with Gasteiger partial charge in [0.1, 0.15) is 0 Å². The maximum absolute atomic E-state index is 13.1. The van der Waals surface area contributed by atoms with Gasteiger partial charge in [-0.1, -0.05) is 50.2 Å². The molecule has 0 unspecified atom stereocenters. The predicted octanol–water partition coefficient (Wildman–Crippen LogP) is 3.83. The third kappa shape index (κ3) is 7.13. The van der Waals surface area contributed by atoms with Gasteiger partial charge in [0.25, 0.3) is 5.91 Å². The van der Waals surface area contributed by atoms with E-state index in [4.69, 9.17) is 4.74 Å². The number of aliphatic hydroxyl groups is 1. The minimum absolute atomic E-state index is 0.289. The van der Waals surface area contributed by atoms with E-state index >= 15 is 0 Å². The number of carbonyl (C=O) groups excluding carboxylic acids is 2. The predicted molar refractivity (Wildman–Crippen MR) is 137 cm³/mol. The van der Waals surface area contributed by atoms with Gasteiger partial charge >= 0.3 is 5.97 Å². The second-order valence-electron chi connectivity index (χ2n) is 8.92. The van der Waals surface area contributed by atoms with E-state index in [0.717, 1.165) is 16.8 Å². The summed E-state index contributed by atoms with van der Waals surface area (Å²) >= 11 is 0. The number of nitrogens with zero attached hydrogens (tertiary/aromatic N) is 2. The van der Waals surface area contributed by atoms with Crippen LogP contribution in [0, 0.1) is 0 Å². The summed E-state index contributed by atoms with van der Waals surface area (Å²) in [5, 5.41) is 14.2. The van der Waals surface area contributed by atoms with Crippen molar-refractivity contribution in [2.45, 2.75) is 38.3 Å². The topological polar surface area (TPSA) is 91.8 Å². The van der Waals surface area contributed by atoms with Crippen LogP contribution in [0.25, 0.3) is 0 Å². The minimum atomic E-state index is -0.865. The largest absolute Gasteiger partial charge is 0.465 e. The van der Waals surface area contributed by atoms with Crippen molar-refractivity contribution in [1.82, 2.24) is 10.3 Å². The van der Waals surface area contributed by atoms with E-state index in [1.165, 1.54) is 13.2 Å². The fourth-order valence-electron chi connectivity index (χ4n) is 3.79. The number of pyridine rings is 1. The molecule has 184 valence electrons. The van der Waals surface area contributed by atoms with Gasteiger partial charge in [-0.05, 0) is 47.7 Å². The van der Waals surface area contributed by atoms with Crippen molar-refractivity contribution in [3.05, 3.63) is 95.3 Å². The summed E-state index contributed by atoms with van der Waals surface area (Å²) in [4.78, 5) is 31.2. The average molecular weight is 476 g/mol. The number of hydrogen-bond acceptors (Lipinski definition) is 6. The Morgan fingerprint density at radius 3 is 2.43 bits per heavy atom. The van der Waals surface area contributed by atoms with Crippen LogP contribution in [-0.2, 0) is 11.2 Å². The van der Waals surface area contributed by atoms with Gasteiger partial charge in [-0.2, -0.15) is 0 Å². The molecule has 0 aliphatic carbocycles. The quantitative estimate of drug-likeness (QED) is 0.433. The van der Waals surface area contributed by atoms with E-state index in [2.05, 4.69) is 30.2 Å². The van der Waals surface area contributed by atoms with Gasteiger partial charge in [-0.3, -0.25) is 9.78 Å². The van der Waals surface area contributed by atoms with Crippen molar-refractivity contribution < 1.29 is 19.4 Å². The summed E-state index contributed by atoms with van der Waals surface area (Å²) in [6, 6.07) is 17.5. The third-order valence-corrected chi connectivity index (χ3v) is 5.94. The van der Waals surface area contributed by atoms with E-state index in [1.807, 2.05) is 48.5 Å². The van der Waals surface area contributed by atoms with Gasteiger partial charge < -0.3 is 20.1 Å². The number of methoxy groups -OCH3 is 1. The van der Waals surface area contributed by atoms with Crippen molar-refractivity contribution in [2.75, 3.05) is 25.6 Å². The lowest BCUT2D eigenvalue weighted by Crippen LogP contribution is -2.49. The zero-order valence-corrected chi connectivity index (χ0v) is 20.6. The number of rotatable bonds is 10. The maximum Gasteiger partial charge on any atom is 0.337 e. The number of amides is 1. The first-order valence-corrected chi connectivity index (χ1v) is 11.7. The highest BCUT2D eigenvalue weighted by molar-refractivity contribution is 5.98. The molecule has 0 saturated carbocycles. The summed E-state index contributed by atoms with van der Waals surface area (Å²) in [7, 11) is 3.19. The molecule has 0 bridgehead atoms. The van der Waals surface area contributed by atoms with Gasteiger partial charge in [-0.25, -0.2) is 4.79 Å². The van der Waals surface area contributed by atoms with Gasteiger partial charge in [0.15, 0.2) is 0 Å².